The first-order valence-electron chi connectivity index (χ1n) is 7.45. The zero-order valence-corrected chi connectivity index (χ0v) is 13.9. The fraction of sp³-hybridized carbons (Fsp3) is 0.105. The minimum atomic E-state index is 0.162. The lowest BCUT2D eigenvalue weighted by molar-refractivity contribution is 1.11. The highest BCUT2D eigenvalue weighted by Crippen LogP contribution is 2.38. The van der Waals surface area contributed by atoms with Gasteiger partial charge < -0.3 is 5.73 Å². The van der Waals surface area contributed by atoms with Gasteiger partial charge in [0.1, 0.15) is 28.5 Å². The minimum absolute atomic E-state index is 0.162. The fourth-order valence-corrected chi connectivity index (χ4v) is 3.48. The van der Waals surface area contributed by atoms with Gasteiger partial charge in [-0.2, -0.15) is 10.5 Å². The lowest BCUT2D eigenvalue weighted by atomic mass is 9.92. The predicted molar refractivity (Wildman–Crippen MR) is 97.4 cm³/mol. The van der Waals surface area contributed by atoms with E-state index in [0.29, 0.717) is 16.2 Å². The van der Waals surface area contributed by atoms with Crippen molar-refractivity contribution in [2.75, 3.05) is 11.5 Å². The number of anilines is 1. The Bertz CT molecular complexity index is 1010. The molecule has 0 unspecified atom stereocenters. The molecule has 1 aromatic heterocycles. The molecule has 0 saturated heterocycles. The molecule has 2 aromatic carbocycles. The van der Waals surface area contributed by atoms with Gasteiger partial charge in [0, 0.05) is 5.56 Å². The topological polar surface area (TPSA) is 86.5 Å². The van der Waals surface area contributed by atoms with E-state index < -0.39 is 0 Å². The van der Waals surface area contributed by atoms with Crippen LogP contribution in [0.3, 0.4) is 0 Å². The number of hydrogen-bond acceptors (Lipinski definition) is 5. The van der Waals surface area contributed by atoms with Gasteiger partial charge in [-0.3, -0.25) is 0 Å². The third-order valence-corrected chi connectivity index (χ3v) is 4.61. The fourth-order valence-electron chi connectivity index (χ4n) is 2.75. The summed E-state index contributed by atoms with van der Waals surface area (Å²) in [6.45, 7) is 1.99. The van der Waals surface area contributed by atoms with E-state index in [4.69, 9.17) is 5.73 Å². The highest BCUT2D eigenvalue weighted by atomic mass is 32.2. The van der Waals surface area contributed by atoms with Gasteiger partial charge in [0.2, 0.25) is 0 Å². The van der Waals surface area contributed by atoms with Crippen molar-refractivity contribution in [3.05, 3.63) is 53.6 Å². The van der Waals surface area contributed by atoms with E-state index in [0.717, 1.165) is 22.1 Å². The maximum Gasteiger partial charge on any atom is 0.143 e. The number of fused-ring (bicyclic) bond motifs is 1. The van der Waals surface area contributed by atoms with Crippen molar-refractivity contribution < 1.29 is 0 Å². The molecule has 0 saturated carbocycles. The van der Waals surface area contributed by atoms with Crippen LogP contribution < -0.4 is 5.73 Å². The van der Waals surface area contributed by atoms with Crippen LogP contribution in [0.15, 0.2) is 47.5 Å². The summed E-state index contributed by atoms with van der Waals surface area (Å²) in [5.41, 5.74) is 8.07. The van der Waals surface area contributed by atoms with Gasteiger partial charge in [-0.05, 0) is 22.1 Å². The molecule has 0 aliphatic heterocycles. The van der Waals surface area contributed by atoms with Gasteiger partial charge in [0.25, 0.3) is 0 Å². The third-order valence-electron chi connectivity index (χ3n) is 3.76. The average molecular weight is 330 g/mol. The Kier molecular flexibility index (Phi) is 4.37. The molecule has 0 amide bonds. The van der Waals surface area contributed by atoms with Crippen LogP contribution in [0.2, 0.25) is 0 Å². The number of hydrogen-bond donors (Lipinski definition) is 1. The van der Waals surface area contributed by atoms with Crippen LogP contribution in [0.1, 0.15) is 18.1 Å². The number of nitrogens with zero attached hydrogens (tertiary/aromatic N) is 3. The highest BCUT2D eigenvalue weighted by molar-refractivity contribution is 7.99. The first kappa shape index (κ1) is 15.9. The number of rotatable bonds is 3. The number of benzene rings is 2. The van der Waals surface area contributed by atoms with Gasteiger partial charge in [-0.15, -0.1) is 11.8 Å². The predicted octanol–water partition coefficient (Wildman–Crippen LogP) is 4.34. The highest BCUT2D eigenvalue weighted by Gasteiger charge is 2.21. The Morgan fingerprint density at radius 1 is 1.04 bits per heavy atom. The normalized spacial score (nSPS) is 10.3. The van der Waals surface area contributed by atoms with E-state index in [-0.39, 0.29) is 11.4 Å². The molecule has 0 aliphatic rings. The molecule has 3 aromatic rings. The maximum absolute atomic E-state index is 9.72. The maximum atomic E-state index is 9.72. The second kappa shape index (κ2) is 6.62. The standard InChI is InChI=1S/C19H14N4S/c1-2-24-19-16(11-21)17(15(10-20)18(22)23-19)14-9-5-7-12-6-3-4-8-13(12)14/h3-9H,2H2,1H3,(H2,22,23). The number of pyridine rings is 1. The number of thioether (sulfide) groups is 1. The summed E-state index contributed by atoms with van der Waals surface area (Å²) in [4.78, 5) is 4.27. The van der Waals surface area contributed by atoms with Crippen molar-refractivity contribution in [2.24, 2.45) is 0 Å². The van der Waals surface area contributed by atoms with Crippen LogP contribution in [0.25, 0.3) is 21.9 Å². The molecule has 0 spiro atoms. The van der Waals surface area contributed by atoms with E-state index >= 15 is 0 Å². The molecular weight excluding hydrogens is 316 g/mol. The molecule has 1 heterocycles. The summed E-state index contributed by atoms with van der Waals surface area (Å²) in [5, 5.41) is 21.9. The number of nitriles is 2. The summed E-state index contributed by atoms with van der Waals surface area (Å²) in [7, 11) is 0. The molecule has 116 valence electrons. The molecule has 2 N–H and O–H groups in total. The molecule has 24 heavy (non-hydrogen) atoms. The summed E-state index contributed by atoms with van der Waals surface area (Å²) >= 11 is 1.45. The zero-order valence-electron chi connectivity index (χ0n) is 13.1. The van der Waals surface area contributed by atoms with Crippen LogP contribution >= 0.6 is 11.8 Å². The monoisotopic (exact) mass is 330 g/mol. The second-order valence-electron chi connectivity index (χ2n) is 5.11. The van der Waals surface area contributed by atoms with E-state index in [2.05, 4.69) is 17.1 Å². The van der Waals surface area contributed by atoms with Crippen LogP contribution in [-0.4, -0.2) is 10.7 Å². The second-order valence-corrected chi connectivity index (χ2v) is 6.36. The minimum Gasteiger partial charge on any atom is -0.383 e. The Labute approximate surface area is 144 Å². The van der Waals surface area contributed by atoms with Crippen molar-refractivity contribution in [3.8, 4) is 23.3 Å². The van der Waals surface area contributed by atoms with Gasteiger partial charge in [-0.1, -0.05) is 49.4 Å². The number of aromatic nitrogens is 1. The number of nitrogens with two attached hydrogens (primary N) is 1. The van der Waals surface area contributed by atoms with Gasteiger partial charge in [-0.25, -0.2) is 4.98 Å². The van der Waals surface area contributed by atoms with Crippen molar-refractivity contribution in [2.45, 2.75) is 11.9 Å². The van der Waals surface area contributed by atoms with Crippen molar-refractivity contribution >= 4 is 28.4 Å². The molecular formula is C19H14N4S. The van der Waals surface area contributed by atoms with Crippen LogP contribution in [0, 0.1) is 22.7 Å². The van der Waals surface area contributed by atoms with Gasteiger partial charge in [0.15, 0.2) is 0 Å². The molecule has 0 bridgehead atoms. The van der Waals surface area contributed by atoms with E-state index in [9.17, 15) is 10.5 Å². The third kappa shape index (κ3) is 2.56. The van der Waals surface area contributed by atoms with Crippen LogP contribution in [-0.2, 0) is 0 Å². The molecule has 0 fully saturated rings. The first-order valence-corrected chi connectivity index (χ1v) is 8.44. The van der Waals surface area contributed by atoms with E-state index in [1.165, 1.54) is 11.8 Å². The summed E-state index contributed by atoms with van der Waals surface area (Å²) in [6.07, 6.45) is 0. The van der Waals surface area contributed by atoms with Crippen molar-refractivity contribution in [1.82, 2.24) is 4.98 Å². The Morgan fingerprint density at radius 3 is 2.46 bits per heavy atom. The summed E-state index contributed by atoms with van der Waals surface area (Å²) in [6, 6.07) is 18.1. The largest absolute Gasteiger partial charge is 0.383 e. The summed E-state index contributed by atoms with van der Waals surface area (Å²) < 4.78 is 0. The SMILES string of the molecule is CCSc1nc(N)c(C#N)c(-c2cccc3ccccc23)c1C#N. The zero-order chi connectivity index (χ0) is 17.1. The smallest absolute Gasteiger partial charge is 0.143 e. The Balaban J connectivity index is 2.46. The van der Waals surface area contributed by atoms with E-state index in [1.807, 2.05) is 49.4 Å². The van der Waals surface area contributed by atoms with Crippen LogP contribution in [0.5, 0.6) is 0 Å². The molecule has 3 rings (SSSR count). The van der Waals surface area contributed by atoms with Crippen molar-refractivity contribution in [3.63, 3.8) is 0 Å². The molecule has 0 radical (unpaired) electrons. The quantitative estimate of drug-likeness (QED) is 0.722. The summed E-state index contributed by atoms with van der Waals surface area (Å²) in [5.74, 6) is 0.928. The van der Waals surface area contributed by atoms with Crippen LogP contribution in [0.4, 0.5) is 5.82 Å². The van der Waals surface area contributed by atoms with Gasteiger partial charge in [0.05, 0.1) is 5.56 Å². The number of nitrogen functional groups attached to an aromatic ring is 1. The molecule has 4 nitrogen and oxygen atoms in total. The van der Waals surface area contributed by atoms with Crippen molar-refractivity contribution in [1.29, 1.82) is 10.5 Å². The Morgan fingerprint density at radius 2 is 1.75 bits per heavy atom. The molecule has 0 aliphatic carbocycles. The lowest BCUT2D eigenvalue weighted by Crippen LogP contribution is -2.03. The molecule has 5 heteroatoms. The Hall–Kier alpha value is -3.02. The average Bonchev–Trinajstić information content (AvgIpc) is 2.61. The lowest BCUT2D eigenvalue weighted by Gasteiger charge is -2.14. The molecule has 0 atom stereocenters. The van der Waals surface area contributed by atoms with E-state index in [1.54, 1.807) is 0 Å². The first-order chi connectivity index (χ1) is 11.7. The van der Waals surface area contributed by atoms with Gasteiger partial charge >= 0.3 is 0 Å².